The van der Waals surface area contributed by atoms with Crippen LogP contribution in [0, 0.1) is 11.3 Å². The average molecular weight is 197 g/mol. The van der Waals surface area contributed by atoms with Crippen molar-refractivity contribution in [3.8, 4) is 6.07 Å². The van der Waals surface area contributed by atoms with E-state index in [0.717, 1.165) is 25.9 Å². The number of unbranched alkanes of at least 4 members (excludes halogenated alkanes) is 2. The SMILES string of the molecule is CN(C)C(C)(C)CNCCCCC#N. The maximum absolute atomic E-state index is 8.35. The minimum Gasteiger partial charge on any atom is -0.315 e. The Morgan fingerprint density at radius 1 is 1.29 bits per heavy atom. The summed E-state index contributed by atoms with van der Waals surface area (Å²) in [6.45, 7) is 6.44. The summed E-state index contributed by atoms with van der Waals surface area (Å²) in [4.78, 5) is 2.22. The van der Waals surface area contributed by atoms with E-state index in [0.29, 0.717) is 6.42 Å². The highest BCUT2D eigenvalue weighted by molar-refractivity contribution is 4.79. The molecule has 0 aliphatic heterocycles. The lowest BCUT2D eigenvalue weighted by Gasteiger charge is -2.32. The van der Waals surface area contributed by atoms with Gasteiger partial charge in [-0.2, -0.15) is 5.26 Å². The van der Waals surface area contributed by atoms with Crippen molar-refractivity contribution in [3.05, 3.63) is 0 Å². The maximum atomic E-state index is 8.35. The predicted molar refractivity (Wildman–Crippen MR) is 60.1 cm³/mol. The van der Waals surface area contributed by atoms with E-state index in [1.807, 2.05) is 0 Å². The summed E-state index contributed by atoms with van der Waals surface area (Å²) in [7, 11) is 4.19. The molecular formula is C11H23N3. The van der Waals surface area contributed by atoms with E-state index in [1.54, 1.807) is 0 Å². The van der Waals surface area contributed by atoms with Crippen molar-refractivity contribution in [1.29, 1.82) is 5.26 Å². The minimum absolute atomic E-state index is 0.204. The van der Waals surface area contributed by atoms with Gasteiger partial charge in [-0.1, -0.05) is 0 Å². The van der Waals surface area contributed by atoms with Crippen LogP contribution in [0.25, 0.3) is 0 Å². The van der Waals surface area contributed by atoms with Crippen LogP contribution >= 0.6 is 0 Å². The molecule has 0 aromatic rings. The Labute approximate surface area is 88.1 Å². The molecule has 0 heterocycles. The molecule has 0 saturated carbocycles. The van der Waals surface area contributed by atoms with Crippen molar-refractivity contribution >= 4 is 0 Å². The molecule has 0 unspecified atom stereocenters. The first-order chi connectivity index (χ1) is 6.50. The fourth-order valence-corrected chi connectivity index (χ4v) is 1.01. The van der Waals surface area contributed by atoms with E-state index >= 15 is 0 Å². The van der Waals surface area contributed by atoms with Crippen LogP contribution in [-0.4, -0.2) is 37.6 Å². The van der Waals surface area contributed by atoms with Crippen LogP contribution in [0.2, 0.25) is 0 Å². The zero-order valence-corrected chi connectivity index (χ0v) is 9.93. The molecule has 3 heteroatoms. The third-order valence-electron chi connectivity index (χ3n) is 2.66. The van der Waals surface area contributed by atoms with Crippen LogP contribution < -0.4 is 5.32 Å². The molecule has 0 radical (unpaired) electrons. The molecular weight excluding hydrogens is 174 g/mol. The Kier molecular flexibility index (Phi) is 6.52. The van der Waals surface area contributed by atoms with E-state index < -0.39 is 0 Å². The average Bonchev–Trinajstić information content (AvgIpc) is 2.10. The van der Waals surface area contributed by atoms with Gasteiger partial charge >= 0.3 is 0 Å². The first kappa shape index (κ1) is 13.4. The minimum atomic E-state index is 0.204. The van der Waals surface area contributed by atoms with Gasteiger partial charge in [0.25, 0.3) is 0 Å². The maximum Gasteiger partial charge on any atom is 0.0621 e. The van der Waals surface area contributed by atoms with Gasteiger partial charge < -0.3 is 10.2 Å². The molecule has 0 atom stereocenters. The van der Waals surface area contributed by atoms with Gasteiger partial charge in [0.15, 0.2) is 0 Å². The highest BCUT2D eigenvalue weighted by Gasteiger charge is 2.18. The Bertz CT molecular complexity index is 179. The van der Waals surface area contributed by atoms with Gasteiger partial charge in [0.1, 0.15) is 0 Å². The molecule has 3 nitrogen and oxygen atoms in total. The molecule has 0 fully saturated rings. The summed E-state index contributed by atoms with van der Waals surface area (Å²) in [6, 6.07) is 2.16. The van der Waals surface area contributed by atoms with E-state index in [9.17, 15) is 0 Å². The van der Waals surface area contributed by atoms with E-state index in [2.05, 4.69) is 44.2 Å². The Morgan fingerprint density at radius 3 is 2.43 bits per heavy atom. The zero-order chi connectivity index (χ0) is 11.0. The first-order valence-electron chi connectivity index (χ1n) is 5.26. The number of nitrogens with zero attached hydrogens (tertiary/aromatic N) is 2. The number of nitrogens with one attached hydrogen (secondary N) is 1. The third-order valence-corrected chi connectivity index (χ3v) is 2.66. The zero-order valence-electron chi connectivity index (χ0n) is 9.93. The van der Waals surface area contributed by atoms with Crippen molar-refractivity contribution in [1.82, 2.24) is 10.2 Å². The molecule has 0 rings (SSSR count). The molecule has 0 aliphatic carbocycles. The van der Waals surface area contributed by atoms with Crippen LogP contribution in [0.15, 0.2) is 0 Å². The van der Waals surface area contributed by atoms with Crippen molar-refractivity contribution in [2.45, 2.75) is 38.6 Å². The fourth-order valence-electron chi connectivity index (χ4n) is 1.01. The number of nitriles is 1. The summed E-state index contributed by atoms with van der Waals surface area (Å²) in [5.41, 5.74) is 0.204. The van der Waals surface area contributed by atoms with Gasteiger partial charge in [-0.05, 0) is 47.3 Å². The Balaban J connectivity index is 3.41. The molecule has 0 aromatic heterocycles. The third kappa shape index (κ3) is 5.95. The quantitative estimate of drug-likeness (QED) is 0.630. The predicted octanol–water partition coefficient (Wildman–Crippen LogP) is 1.61. The highest BCUT2D eigenvalue weighted by Crippen LogP contribution is 2.07. The lowest BCUT2D eigenvalue weighted by Crippen LogP contribution is -2.46. The molecule has 0 amide bonds. The van der Waals surface area contributed by atoms with Crippen LogP contribution in [0.4, 0.5) is 0 Å². The summed E-state index contributed by atoms with van der Waals surface area (Å²) < 4.78 is 0. The molecule has 14 heavy (non-hydrogen) atoms. The second kappa shape index (κ2) is 6.80. The lowest BCUT2D eigenvalue weighted by molar-refractivity contribution is 0.190. The molecule has 82 valence electrons. The van der Waals surface area contributed by atoms with E-state index in [1.165, 1.54) is 0 Å². The normalized spacial score (nSPS) is 11.7. The topological polar surface area (TPSA) is 39.1 Å². The number of likely N-dealkylation sites (N-methyl/N-ethyl adjacent to an activating group) is 1. The molecule has 0 aliphatic rings. The van der Waals surface area contributed by atoms with Crippen molar-refractivity contribution < 1.29 is 0 Å². The van der Waals surface area contributed by atoms with Gasteiger partial charge in [0.05, 0.1) is 6.07 Å². The van der Waals surface area contributed by atoms with Gasteiger partial charge in [-0.25, -0.2) is 0 Å². The van der Waals surface area contributed by atoms with Crippen LogP contribution in [-0.2, 0) is 0 Å². The number of hydrogen-bond donors (Lipinski definition) is 1. The van der Waals surface area contributed by atoms with Gasteiger partial charge in [-0.3, -0.25) is 0 Å². The highest BCUT2D eigenvalue weighted by atomic mass is 15.2. The molecule has 0 saturated heterocycles. The summed E-state index contributed by atoms with van der Waals surface area (Å²) in [5.74, 6) is 0. The first-order valence-corrected chi connectivity index (χ1v) is 5.26. The van der Waals surface area contributed by atoms with Crippen LogP contribution in [0.5, 0.6) is 0 Å². The molecule has 1 N–H and O–H groups in total. The smallest absolute Gasteiger partial charge is 0.0621 e. The summed E-state index contributed by atoms with van der Waals surface area (Å²) >= 11 is 0. The number of rotatable bonds is 7. The largest absolute Gasteiger partial charge is 0.315 e. The van der Waals surface area contributed by atoms with Crippen LogP contribution in [0.1, 0.15) is 33.1 Å². The Hall–Kier alpha value is -0.590. The lowest BCUT2D eigenvalue weighted by atomic mass is 10.0. The van der Waals surface area contributed by atoms with Crippen molar-refractivity contribution in [2.75, 3.05) is 27.2 Å². The monoisotopic (exact) mass is 197 g/mol. The van der Waals surface area contributed by atoms with Crippen molar-refractivity contribution in [3.63, 3.8) is 0 Å². The second-order valence-corrected chi connectivity index (χ2v) is 4.50. The van der Waals surface area contributed by atoms with E-state index in [4.69, 9.17) is 5.26 Å². The fraction of sp³-hybridized carbons (Fsp3) is 0.909. The molecule has 0 bridgehead atoms. The summed E-state index contributed by atoms with van der Waals surface area (Å²) in [6.07, 6.45) is 2.78. The standard InChI is InChI=1S/C11H23N3/c1-11(2,14(3)4)10-13-9-7-5-6-8-12/h13H,5-7,9-10H2,1-4H3. The number of hydrogen-bond acceptors (Lipinski definition) is 3. The molecule has 0 spiro atoms. The second-order valence-electron chi connectivity index (χ2n) is 4.50. The van der Waals surface area contributed by atoms with Gasteiger partial charge in [0.2, 0.25) is 0 Å². The summed E-state index contributed by atoms with van der Waals surface area (Å²) in [5, 5.41) is 11.8. The van der Waals surface area contributed by atoms with Crippen LogP contribution in [0.3, 0.4) is 0 Å². The van der Waals surface area contributed by atoms with Crippen molar-refractivity contribution in [2.24, 2.45) is 0 Å². The Morgan fingerprint density at radius 2 is 1.93 bits per heavy atom. The van der Waals surface area contributed by atoms with Gasteiger partial charge in [-0.15, -0.1) is 0 Å². The van der Waals surface area contributed by atoms with E-state index in [-0.39, 0.29) is 5.54 Å². The molecule has 0 aromatic carbocycles. The van der Waals surface area contributed by atoms with Gasteiger partial charge in [0, 0.05) is 18.5 Å².